The molecule has 3 aromatic carbocycles. The zero-order valence-corrected chi connectivity index (χ0v) is 22.7. The Balaban J connectivity index is 1.29. The Morgan fingerprint density at radius 3 is 2.54 bits per heavy atom. The van der Waals surface area contributed by atoms with Crippen LogP contribution in [0.15, 0.2) is 84.1 Å². The fraction of sp³-hybridized carbons (Fsp3) is 0.172. The third-order valence-electron chi connectivity index (χ3n) is 6.29. The number of halogens is 1. The van der Waals surface area contributed by atoms with Crippen molar-refractivity contribution in [2.75, 3.05) is 12.9 Å². The first-order valence-corrected chi connectivity index (χ1v) is 13.6. The van der Waals surface area contributed by atoms with Gasteiger partial charge in [0.1, 0.15) is 30.0 Å². The summed E-state index contributed by atoms with van der Waals surface area (Å²) in [7, 11) is 1.57. The Hall–Kier alpha value is -4.84. The fourth-order valence-electron chi connectivity index (χ4n) is 4.27. The topological polar surface area (TPSA) is 131 Å². The molecule has 1 amide bonds. The van der Waals surface area contributed by atoms with Crippen molar-refractivity contribution in [3.63, 3.8) is 0 Å². The monoisotopic (exact) mass is 575 g/mol. The third-order valence-corrected chi connectivity index (χ3v) is 7.21. The zero-order chi connectivity index (χ0) is 28.8. The molecule has 0 fully saturated rings. The van der Waals surface area contributed by atoms with Gasteiger partial charge in [-0.05, 0) is 48.0 Å². The van der Waals surface area contributed by atoms with E-state index in [-0.39, 0.29) is 29.6 Å². The number of para-hydroxylation sites is 2. The van der Waals surface area contributed by atoms with E-state index in [9.17, 15) is 19.1 Å². The van der Waals surface area contributed by atoms with E-state index >= 15 is 0 Å². The largest absolute Gasteiger partial charge is 0.497 e. The molecule has 0 saturated heterocycles. The molecular weight excluding hydrogens is 549 g/mol. The summed E-state index contributed by atoms with van der Waals surface area (Å²) in [5.41, 5.74) is 1.85. The van der Waals surface area contributed by atoms with E-state index in [2.05, 4.69) is 20.5 Å². The number of carboxylic acid groups (broad SMARTS) is 1. The lowest BCUT2D eigenvalue weighted by Gasteiger charge is -2.15. The third kappa shape index (κ3) is 6.49. The van der Waals surface area contributed by atoms with Crippen LogP contribution in [0, 0.1) is 5.82 Å². The van der Waals surface area contributed by atoms with Crippen LogP contribution in [0.25, 0.3) is 16.6 Å². The Morgan fingerprint density at radius 2 is 1.78 bits per heavy atom. The van der Waals surface area contributed by atoms with Crippen LogP contribution in [0.2, 0.25) is 0 Å². The molecule has 0 saturated carbocycles. The van der Waals surface area contributed by atoms with Gasteiger partial charge in [0, 0.05) is 23.5 Å². The summed E-state index contributed by atoms with van der Waals surface area (Å²) in [4.78, 5) is 27.9. The summed E-state index contributed by atoms with van der Waals surface area (Å²) in [5, 5.41) is 21.8. The first kappa shape index (κ1) is 27.7. The highest BCUT2D eigenvalue weighted by Crippen LogP contribution is 2.26. The van der Waals surface area contributed by atoms with Gasteiger partial charge in [0.25, 0.3) is 0 Å². The summed E-state index contributed by atoms with van der Waals surface area (Å²) in [6.07, 6.45) is 1.85. The van der Waals surface area contributed by atoms with Gasteiger partial charge in [-0.2, -0.15) is 0 Å². The Bertz CT molecular complexity index is 1670. The first-order valence-electron chi connectivity index (χ1n) is 12.6. The van der Waals surface area contributed by atoms with Gasteiger partial charge < -0.3 is 24.9 Å². The Labute approximate surface area is 238 Å². The van der Waals surface area contributed by atoms with Crippen molar-refractivity contribution in [2.45, 2.75) is 24.2 Å². The average Bonchev–Trinajstić information content (AvgIpc) is 3.59. The lowest BCUT2D eigenvalue weighted by atomic mass is 10.1. The van der Waals surface area contributed by atoms with Crippen LogP contribution in [0.3, 0.4) is 0 Å². The van der Waals surface area contributed by atoms with Gasteiger partial charge in [0.15, 0.2) is 11.0 Å². The van der Waals surface area contributed by atoms with Gasteiger partial charge >= 0.3 is 5.97 Å². The number of carbonyl (C=O) groups is 2. The maximum Gasteiger partial charge on any atom is 0.326 e. The van der Waals surface area contributed by atoms with Crippen molar-refractivity contribution < 1.29 is 28.6 Å². The number of aromatic nitrogens is 4. The van der Waals surface area contributed by atoms with E-state index in [4.69, 9.17) is 9.47 Å². The number of amides is 1. The quantitative estimate of drug-likeness (QED) is 0.187. The van der Waals surface area contributed by atoms with Crippen molar-refractivity contribution >= 4 is 34.5 Å². The molecule has 41 heavy (non-hydrogen) atoms. The number of hydrogen-bond acceptors (Lipinski definition) is 7. The van der Waals surface area contributed by atoms with Crippen molar-refractivity contribution in [1.82, 2.24) is 25.1 Å². The predicted octanol–water partition coefficient (Wildman–Crippen LogP) is 4.38. The molecule has 0 aliphatic heterocycles. The standard InChI is InChI=1S/C29H26FN5O5S/c1-39-19-10-12-20(13-11-19)40-16-26-33-34-29(35(26)25-9-5-3-7-22(25)30)41-17-27(36)32-24(28(37)38)14-18-15-31-23-8-4-2-6-21(18)23/h2-13,15,24,31H,14,16-17H2,1H3,(H,32,36)(H,37,38). The summed E-state index contributed by atoms with van der Waals surface area (Å²) in [6, 6.07) is 19.5. The average molecular weight is 576 g/mol. The number of nitrogens with one attached hydrogen (secondary N) is 2. The number of methoxy groups -OCH3 is 1. The van der Waals surface area contributed by atoms with Crippen LogP contribution in [-0.2, 0) is 22.6 Å². The van der Waals surface area contributed by atoms with Gasteiger partial charge in [-0.25, -0.2) is 9.18 Å². The first-order chi connectivity index (χ1) is 19.9. The van der Waals surface area contributed by atoms with Gasteiger partial charge in [-0.1, -0.05) is 42.1 Å². The second-order valence-corrected chi connectivity index (χ2v) is 9.90. The maximum atomic E-state index is 14.8. The Kier molecular flexibility index (Phi) is 8.49. The van der Waals surface area contributed by atoms with Gasteiger partial charge in [0.05, 0.1) is 18.6 Å². The van der Waals surface area contributed by atoms with Gasteiger partial charge in [-0.3, -0.25) is 9.36 Å². The van der Waals surface area contributed by atoms with E-state index in [1.807, 2.05) is 24.3 Å². The number of aliphatic carboxylic acids is 1. The lowest BCUT2D eigenvalue weighted by Crippen LogP contribution is -2.43. The van der Waals surface area contributed by atoms with Crippen LogP contribution in [-0.4, -0.2) is 55.6 Å². The minimum absolute atomic E-state index is 0.0217. The van der Waals surface area contributed by atoms with Crippen LogP contribution < -0.4 is 14.8 Å². The van der Waals surface area contributed by atoms with Crippen molar-refractivity contribution in [3.8, 4) is 17.2 Å². The van der Waals surface area contributed by atoms with Crippen LogP contribution in [0.4, 0.5) is 4.39 Å². The zero-order valence-electron chi connectivity index (χ0n) is 21.9. The molecule has 0 aliphatic carbocycles. The molecule has 3 N–H and O–H groups in total. The fourth-order valence-corrected chi connectivity index (χ4v) is 5.04. The summed E-state index contributed by atoms with van der Waals surface area (Å²) in [6.45, 7) is -0.0217. The molecular formula is C29H26FN5O5S. The molecule has 5 rings (SSSR count). The van der Waals surface area contributed by atoms with E-state index in [0.29, 0.717) is 17.3 Å². The van der Waals surface area contributed by atoms with E-state index in [1.54, 1.807) is 55.8 Å². The molecule has 10 nitrogen and oxygen atoms in total. The minimum Gasteiger partial charge on any atom is -0.497 e. The number of carboxylic acids is 1. The molecule has 210 valence electrons. The van der Waals surface area contributed by atoms with Crippen molar-refractivity contribution in [2.24, 2.45) is 0 Å². The number of carbonyl (C=O) groups excluding carboxylic acids is 1. The molecule has 2 heterocycles. The second-order valence-electron chi connectivity index (χ2n) is 8.96. The molecule has 0 spiro atoms. The number of benzene rings is 3. The molecule has 1 atom stereocenters. The van der Waals surface area contributed by atoms with E-state index in [1.165, 1.54) is 10.6 Å². The van der Waals surface area contributed by atoms with Crippen LogP contribution in [0.1, 0.15) is 11.4 Å². The number of ether oxygens (including phenoxy) is 2. The predicted molar refractivity (Wildman–Crippen MR) is 151 cm³/mol. The summed E-state index contributed by atoms with van der Waals surface area (Å²) >= 11 is 1.01. The number of thioether (sulfide) groups is 1. The second kappa shape index (κ2) is 12.6. The number of fused-ring (bicyclic) bond motifs is 1. The lowest BCUT2D eigenvalue weighted by molar-refractivity contribution is -0.141. The highest BCUT2D eigenvalue weighted by atomic mass is 32.2. The smallest absolute Gasteiger partial charge is 0.326 e. The normalized spacial score (nSPS) is 11.8. The molecule has 5 aromatic rings. The van der Waals surface area contributed by atoms with E-state index in [0.717, 1.165) is 28.2 Å². The molecule has 0 radical (unpaired) electrons. The summed E-state index contributed by atoms with van der Waals surface area (Å²) < 4.78 is 27.3. The highest BCUT2D eigenvalue weighted by molar-refractivity contribution is 7.99. The summed E-state index contributed by atoms with van der Waals surface area (Å²) in [5.74, 6) is -0.787. The molecule has 0 aliphatic rings. The van der Waals surface area contributed by atoms with E-state index < -0.39 is 23.7 Å². The molecule has 2 aromatic heterocycles. The molecule has 0 bridgehead atoms. The highest BCUT2D eigenvalue weighted by Gasteiger charge is 2.23. The number of aromatic amines is 1. The van der Waals surface area contributed by atoms with Crippen molar-refractivity contribution in [1.29, 1.82) is 0 Å². The maximum absolute atomic E-state index is 14.8. The number of rotatable bonds is 12. The molecule has 1 unspecified atom stereocenters. The number of hydrogen-bond donors (Lipinski definition) is 3. The Morgan fingerprint density at radius 1 is 1.05 bits per heavy atom. The number of nitrogens with zero attached hydrogens (tertiary/aromatic N) is 3. The SMILES string of the molecule is COc1ccc(OCc2nnc(SCC(=O)NC(Cc3c[nH]c4ccccc34)C(=O)O)n2-c2ccccc2F)cc1. The molecule has 12 heteroatoms. The van der Waals surface area contributed by atoms with Crippen molar-refractivity contribution in [3.05, 3.63) is 96.2 Å². The van der Waals surface area contributed by atoms with Gasteiger partial charge in [-0.15, -0.1) is 10.2 Å². The number of H-pyrrole nitrogens is 1. The van der Waals surface area contributed by atoms with Crippen LogP contribution >= 0.6 is 11.8 Å². The van der Waals surface area contributed by atoms with Gasteiger partial charge in [0.2, 0.25) is 5.91 Å². The minimum atomic E-state index is -1.15. The van der Waals surface area contributed by atoms with Crippen LogP contribution in [0.5, 0.6) is 11.5 Å².